The fourth-order valence-corrected chi connectivity index (χ4v) is 4.15. The Morgan fingerprint density at radius 2 is 1.76 bits per heavy atom. The van der Waals surface area contributed by atoms with Gasteiger partial charge in [-0.2, -0.15) is 0 Å². The second-order valence-corrected chi connectivity index (χ2v) is 8.72. The van der Waals surface area contributed by atoms with Crippen molar-refractivity contribution in [3.8, 4) is 11.5 Å². The first kappa shape index (κ1) is 24.5. The van der Waals surface area contributed by atoms with Crippen LogP contribution in [0.3, 0.4) is 0 Å². The summed E-state index contributed by atoms with van der Waals surface area (Å²) in [5, 5.41) is 13.7. The summed E-state index contributed by atoms with van der Waals surface area (Å²) in [6.45, 7) is 2.63. The summed E-state index contributed by atoms with van der Waals surface area (Å²) >= 11 is 0. The van der Waals surface area contributed by atoms with Crippen LogP contribution in [0.1, 0.15) is 22.8 Å². The van der Waals surface area contributed by atoms with Crippen LogP contribution in [0.15, 0.2) is 71.6 Å². The molecule has 2 N–H and O–H groups in total. The first-order chi connectivity index (χ1) is 16.2. The number of hydrogen-bond acceptors (Lipinski definition) is 7. The summed E-state index contributed by atoms with van der Waals surface area (Å²) in [6, 6.07) is 15.9. The van der Waals surface area contributed by atoms with Crippen LogP contribution in [0.2, 0.25) is 0 Å². The van der Waals surface area contributed by atoms with Gasteiger partial charge >= 0.3 is 0 Å². The van der Waals surface area contributed by atoms with Crippen LogP contribution >= 0.6 is 0 Å². The van der Waals surface area contributed by atoms with Crippen LogP contribution in [0.4, 0.5) is 11.4 Å². The number of carbonyl (C=O) groups excluding carboxylic acids is 1. The van der Waals surface area contributed by atoms with E-state index in [1.54, 1.807) is 12.1 Å². The standard InChI is InChI=1S/C23H23N3O7S/c1-3-33-21-12-7-16(13-22(21)32-2)15-24-23(27)17-8-10-18(11-9-17)25-34(30,31)20-6-4-5-19(14-20)26(28)29/h4-14,25H,3,15H2,1-2H3,(H,24,27). The minimum Gasteiger partial charge on any atom is -0.493 e. The van der Waals surface area contributed by atoms with Gasteiger partial charge in [0.25, 0.3) is 21.6 Å². The van der Waals surface area contributed by atoms with Crippen molar-refractivity contribution in [2.24, 2.45) is 0 Å². The molecular weight excluding hydrogens is 462 g/mol. The van der Waals surface area contributed by atoms with Crippen molar-refractivity contribution >= 4 is 27.3 Å². The minimum atomic E-state index is -4.04. The number of carbonyl (C=O) groups is 1. The number of nitrogens with zero attached hydrogens (tertiary/aromatic N) is 1. The lowest BCUT2D eigenvalue weighted by Crippen LogP contribution is -2.22. The molecule has 0 aromatic heterocycles. The van der Waals surface area contributed by atoms with Crippen molar-refractivity contribution in [3.63, 3.8) is 0 Å². The van der Waals surface area contributed by atoms with Gasteiger partial charge in [-0.25, -0.2) is 8.42 Å². The largest absolute Gasteiger partial charge is 0.493 e. The number of sulfonamides is 1. The predicted octanol–water partition coefficient (Wildman–Crippen LogP) is 3.73. The van der Waals surface area contributed by atoms with Crippen molar-refractivity contribution < 1.29 is 27.6 Å². The molecule has 0 fully saturated rings. The van der Waals surface area contributed by atoms with Gasteiger partial charge < -0.3 is 14.8 Å². The Balaban J connectivity index is 1.64. The lowest BCUT2D eigenvalue weighted by Gasteiger charge is -2.12. The smallest absolute Gasteiger partial charge is 0.270 e. The van der Waals surface area contributed by atoms with Crippen LogP contribution in [-0.4, -0.2) is 33.0 Å². The molecular formula is C23H23N3O7S. The molecule has 0 heterocycles. The Kier molecular flexibility index (Phi) is 7.69. The molecule has 0 unspecified atom stereocenters. The first-order valence-electron chi connectivity index (χ1n) is 10.2. The summed E-state index contributed by atoms with van der Waals surface area (Å²) in [6.07, 6.45) is 0. The topological polar surface area (TPSA) is 137 Å². The van der Waals surface area contributed by atoms with Gasteiger partial charge in [0.2, 0.25) is 0 Å². The number of rotatable bonds is 10. The zero-order chi connectivity index (χ0) is 24.7. The van der Waals surface area contributed by atoms with E-state index in [2.05, 4.69) is 10.0 Å². The summed E-state index contributed by atoms with van der Waals surface area (Å²) < 4.78 is 38.2. The number of non-ortho nitro benzene ring substituents is 1. The van der Waals surface area contributed by atoms with E-state index in [1.807, 2.05) is 13.0 Å². The molecule has 0 aliphatic rings. The van der Waals surface area contributed by atoms with E-state index in [0.29, 0.717) is 23.7 Å². The van der Waals surface area contributed by atoms with E-state index in [9.17, 15) is 23.3 Å². The fourth-order valence-electron chi connectivity index (χ4n) is 3.05. The molecule has 34 heavy (non-hydrogen) atoms. The number of nitro groups is 1. The molecule has 178 valence electrons. The highest BCUT2D eigenvalue weighted by atomic mass is 32.2. The van der Waals surface area contributed by atoms with Crippen LogP contribution in [0.25, 0.3) is 0 Å². The fraction of sp³-hybridized carbons (Fsp3) is 0.174. The van der Waals surface area contributed by atoms with E-state index in [0.717, 1.165) is 11.6 Å². The van der Waals surface area contributed by atoms with Crippen LogP contribution in [0.5, 0.6) is 11.5 Å². The van der Waals surface area contributed by atoms with Gasteiger partial charge in [0, 0.05) is 29.9 Å². The molecule has 3 aromatic carbocycles. The van der Waals surface area contributed by atoms with Gasteiger partial charge in [-0.15, -0.1) is 0 Å². The molecule has 0 saturated heterocycles. The number of anilines is 1. The van der Waals surface area contributed by atoms with E-state index >= 15 is 0 Å². The molecule has 0 atom stereocenters. The van der Waals surface area contributed by atoms with Crippen LogP contribution < -0.4 is 19.5 Å². The van der Waals surface area contributed by atoms with Gasteiger partial charge in [0.15, 0.2) is 11.5 Å². The number of methoxy groups -OCH3 is 1. The zero-order valence-corrected chi connectivity index (χ0v) is 19.3. The highest BCUT2D eigenvalue weighted by Crippen LogP contribution is 2.28. The summed E-state index contributed by atoms with van der Waals surface area (Å²) in [4.78, 5) is 22.5. The third-order valence-corrected chi connectivity index (χ3v) is 6.10. The Morgan fingerprint density at radius 3 is 2.41 bits per heavy atom. The minimum absolute atomic E-state index is 0.208. The van der Waals surface area contributed by atoms with Gasteiger partial charge in [-0.1, -0.05) is 12.1 Å². The first-order valence-corrected chi connectivity index (χ1v) is 11.7. The maximum absolute atomic E-state index is 12.5. The van der Waals surface area contributed by atoms with Gasteiger partial charge in [0.05, 0.1) is 23.5 Å². The van der Waals surface area contributed by atoms with Crippen molar-refractivity contribution in [2.75, 3.05) is 18.4 Å². The molecule has 0 aliphatic carbocycles. The maximum Gasteiger partial charge on any atom is 0.270 e. The van der Waals surface area contributed by atoms with Gasteiger partial charge in [0.1, 0.15) is 0 Å². The average molecular weight is 486 g/mol. The zero-order valence-electron chi connectivity index (χ0n) is 18.5. The average Bonchev–Trinajstić information content (AvgIpc) is 2.83. The predicted molar refractivity (Wildman–Crippen MR) is 126 cm³/mol. The van der Waals surface area contributed by atoms with Crippen molar-refractivity contribution in [2.45, 2.75) is 18.4 Å². The highest BCUT2D eigenvalue weighted by molar-refractivity contribution is 7.92. The monoisotopic (exact) mass is 485 g/mol. The molecule has 0 saturated carbocycles. The molecule has 0 bridgehead atoms. The van der Waals surface area contributed by atoms with Crippen LogP contribution in [-0.2, 0) is 16.6 Å². The molecule has 1 amide bonds. The summed E-state index contributed by atoms with van der Waals surface area (Å²) in [5.41, 5.74) is 1.02. The Morgan fingerprint density at radius 1 is 1.03 bits per heavy atom. The molecule has 3 rings (SSSR count). The lowest BCUT2D eigenvalue weighted by atomic mass is 10.1. The molecule has 11 heteroatoms. The number of ether oxygens (including phenoxy) is 2. The number of benzene rings is 3. The number of hydrogen-bond donors (Lipinski definition) is 2. The molecule has 3 aromatic rings. The van der Waals surface area contributed by atoms with Gasteiger partial charge in [-0.3, -0.25) is 19.6 Å². The SMILES string of the molecule is CCOc1ccc(CNC(=O)c2ccc(NS(=O)(=O)c3cccc([N+](=O)[O-])c3)cc2)cc1OC. The third kappa shape index (κ3) is 6.01. The van der Waals surface area contributed by atoms with E-state index < -0.39 is 14.9 Å². The summed E-state index contributed by atoms with van der Waals surface area (Å²) in [5.74, 6) is 0.832. The molecule has 10 nitrogen and oxygen atoms in total. The van der Waals surface area contributed by atoms with E-state index in [4.69, 9.17) is 9.47 Å². The Hall–Kier alpha value is -4.12. The number of nitro benzene ring substituents is 1. The molecule has 0 aliphatic heterocycles. The number of amides is 1. The third-order valence-electron chi connectivity index (χ3n) is 4.72. The summed E-state index contributed by atoms with van der Waals surface area (Å²) in [7, 11) is -2.50. The number of nitrogens with one attached hydrogen (secondary N) is 2. The quantitative estimate of drug-likeness (QED) is 0.330. The molecule has 0 spiro atoms. The highest BCUT2D eigenvalue weighted by Gasteiger charge is 2.18. The normalized spacial score (nSPS) is 10.9. The lowest BCUT2D eigenvalue weighted by molar-refractivity contribution is -0.385. The van der Waals surface area contributed by atoms with Crippen molar-refractivity contribution in [3.05, 3.63) is 88.0 Å². The maximum atomic E-state index is 12.5. The molecule has 0 radical (unpaired) electrons. The van der Waals surface area contributed by atoms with Crippen molar-refractivity contribution in [1.82, 2.24) is 5.32 Å². The van der Waals surface area contributed by atoms with Crippen LogP contribution in [0, 0.1) is 10.1 Å². The Bertz CT molecular complexity index is 1290. The second kappa shape index (κ2) is 10.7. The van der Waals surface area contributed by atoms with E-state index in [1.165, 1.54) is 49.6 Å². The second-order valence-electron chi connectivity index (χ2n) is 7.04. The van der Waals surface area contributed by atoms with E-state index in [-0.39, 0.29) is 28.7 Å². The Labute approximate surface area is 196 Å². The van der Waals surface area contributed by atoms with Crippen molar-refractivity contribution in [1.29, 1.82) is 0 Å². The van der Waals surface area contributed by atoms with Gasteiger partial charge in [-0.05, 0) is 55.0 Å².